The van der Waals surface area contributed by atoms with Crippen LogP contribution in [0.15, 0.2) is 24.3 Å². The highest BCUT2D eigenvalue weighted by atomic mass is 35.5. The van der Waals surface area contributed by atoms with Crippen molar-refractivity contribution in [3.63, 3.8) is 0 Å². The number of alkyl halides is 3. The molecular weight excluding hydrogens is 305 g/mol. The summed E-state index contributed by atoms with van der Waals surface area (Å²) in [6.07, 6.45) is -2.20. The van der Waals surface area contributed by atoms with E-state index in [1.807, 2.05) is 6.07 Å². The Kier molecular flexibility index (Phi) is 5.79. The van der Waals surface area contributed by atoms with Crippen molar-refractivity contribution >= 4 is 23.6 Å². The van der Waals surface area contributed by atoms with E-state index < -0.39 is 22.7 Å². The lowest BCUT2D eigenvalue weighted by atomic mass is 10.1. The number of benzene rings is 1. The van der Waals surface area contributed by atoms with Crippen LogP contribution < -0.4 is 5.32 Å². The predicted molar refractivity (Wildman–Crippen MR) is 73.3 cm³/mol. The van der Waals surface area contributed by atoms with Crippen molar-refractivity contribution in [2.75, 3.05) is 6.54 Å². The second-order valence-corrected chi connectivity index (χ2v) is 4.75. The number of rotatable bonds is 4. The zero-order chi connectivity index (χ0) is 16.0. The second kappa shape index (κ2) is 7.14. The summed E-state index contributed by atoms with van der Waals surface area (Å²) >= 11 is 5.49. The molecule has 0 saturated heterocycles. The zero-order valence-electron chi connectivity index (χ0n) is 11.0. The molecule has 7 heteroatoms. The number of amides is 1. The van der Waals surface area contributed by atoms with Gasteiger partial charge in [0.25, 0.3) is 0 Å². The van der Waals surface area contributed by atoms with Crippen LogP contribution in [0.25, 0.3) is 6.08 Å². The number of carbonyl (C=O) groups is 1. The molecule has 1 unspecified atom stereocenters. The van der Waals surface area contributed by atoms with Gasteiger partial charge in [-0.05, 0) is 30.7 Å². The van der Waals surface area contributed by atoms with Crippen LogP contribution in [0, 0.1) is 17.2 Å². The Morgan fingerprint density at radius 2 is 2.19 bits per heavy atom. The first-order valence-corrected chi connectivity index (χ1v) is 6.34. The fourth-order valence-corrected chi connectivity index (χ4v) is 1.62. The van der Waals surface area contributed by atoms with Gasteiger partial charge in [-0.15, -0.1) is 0 Å². The highest BCUT2D eigenvalue weighted by molar-refractivity contribution is 6.31. The monoisotopic (exact) mass is 316 g/mol. The summed E-state index contributed by atoms with van der Waals surface area (Å²) in [5, 5.41) is 10.6. The Morgan fingerprint density at radius 3 is 2.76 bits per heavy atom. The Balaban J connectivity index is 2.78. The van der Waals surface area contributed by atoms with Crippen molar-refractivity contribution in [1.82, 2.24) is 5.32 Å². The van der Waals surface area contributed by atoms with E-state index in [0.717, 1.165) is 18.2 Å². The number of hydrogen-bond donors (Lipinski definition) is 1. The van der Waals surface area contributed by atoms with Crippen LogP contribution in [0.2, 0.25) is 5.02 Å². The van der Waals surface area contributed by atoms with Crippen molar-refractivity contribution in [2.24, 2.45) is 5.92 Å². The van der Waals surface area contributed by atoms with Crippen LogP contribution >= 0.6 is 11.6 Å². The van der Waals surface area contributed by atoms with Gasteiger partial charge in [0.2, 0.25) is 5.91 Å². The van der Waals surface area contributed by atoms with Crippen LogP contribution in [-0.2, 0) is 11.0 Å². The summed E-state index contributed by atoms with van der Waals surface area (Å²) in [4.78, 5) is 11.4. The molecule has 0 fully saturated rings. The SMILES string of the molecule is CC(C#N)CNC(=O)/C=C/c1ccc(Cl)c(C(F)(F)F)c1. The zero-order valence-corrected chi connectivity index (χ0v) is 11.8. The highest BCUT2D eigenvalue weighted by Crippen LogP contribution is 2.35. The average Bonchev–Trinajstić information content (AvgIpc) is 2.42. The molecule has 112 valence electrons. The van der Waals surface area contributed by atoms with Crippen molar-refractivity contribution in [1.29, 1.82) is 5.26 Å². The minimum absolute atomic E-state index is 0.175. The topological polar surface area (TPSA) is 52.9 Å². The molecule has 0 radical (unpaired) electrons. The van der Waals surface area contributed by atoms with E-state index in [9.17, 15) is 18.0 Å². The Morgan fingerprint density at radius 1 is 1.52 bits per heavy atom. The van der Waals surface area contributed by atoms with E-state index in [0.29, 0.717) is 0 Å². The van der Waals surface area contributed by atoms with Crippen molar-refractivity contribution in [2.45, 2.75) is 13.1 Å². The number of halogens is 4. The van der Waals surface area contributed by atoms with Gasteiger partial charge in [-0.3, -0.25) is 4.79 Å². The van der Waals surface area contributed by atoms with Crippen LogP contribution in [0.1, 0.15) is 18.1 Å². The smallest absolute Gasteiger partial charge is 0.351 e. The Labute approximate surface area is 125 Å². The van der Waals surface area contributed by atoms with Gasteiger partial charge in [0, 0.05) is 12.6 Å². The second-order valence-electron chi connectivity index (χ2n) is 4.35. The number of nitrogens with one attached hydrogen (secondary N) is 1. The predicted octanol–water partition coefficient (Wildman–Crippen LogP) is 3.65. The third kappa shape index (κ3) is 5.48. The number of nitriles is 1. The van der Waals surface area contributed by atoms with E-state index >= 15 is 0 Å². The maximum absolute atomic E-state index is 12.7. The summed E-state index contributed by atoms with van der Waals surface area (Å²) < 4.78 is 38.0. The molecule has 1 amide bonds. The molecule has 1 N–H and O–H groups in total. The van der Waals surface area contributed by atoms with E-state index in [4.69, 9.17) is 16.9 Å². The first kappa shape index (κ1) is 17.1. The molecule has 21 heavy (non-hydrogen) atoms. The van der Waals surface area contributed by atoms with Gasteiger partial charge in [0.1, 0.15) is 0 Å². The molecular formula is C14H12ClF3N2O. The van der Waals surface area contributed by atoms with Crippen LogP contribution in [0.3, 0.4) is 0 Å². The summed E-state index contributed by atoms with van der Waals surface area (Å²) in [6, 6.07) is 5.31. The number of nitrogens with zero attached hydrogens (tertiary/aromatic N) is 1. The summed E-state index contributed by atoms with van der Waals surface area (Å²) in [5.74, 6) is -0.824. The average molecular weight is 317 g/mol. The summed E-state index contributed by atoms with van der Waals surface area (Å²) in [7, 11) is 0. The van der Waals surface area contributed by atoms with E-state index in [2.05, 4.69) is 5.32 Å². The largest absolute Gasteiger partial charge is 0.417 e. The maximum Gasteiger partial charge on any atom is 0.417 e. The molecule has 1 atom stereocenters. The molecule has 1 aromatic carbocycles. The third-order valence-corrected chi connectivity index (χ3v) is 2.86. The summed E-state index contributed by atoms with van der Waals surface area (Å²) in [5.41, 5.74) is -0.750. The standard InChI is InChI=1S/C14H12ClF3N2O/c1-9(7-19)8-20-13(21)5-3-10-2-4-12(15)11(6-10)14(16,17)18/h2-6,9H,8H2,1H3,(H,20,21)/b5-3+. The van der Waals surface area contributed by atoms with Crippen molar-refractivity contribution in [3.05, 3.63) is 40.4 Å². The van der Waals surface area contributed by atoms with Crippen molar-refractivity contribution in [3.8, 4) is 6.07 Å². The van der Waals surface area contributed by atoms with Crippen LogP contribution in [0.5, 0.6) is 0 Å². The Hall–Kier alpha value is -2.00. The molecule has 0 aromatic heterocycles. The van der Waals surface area contributed by atoms with Crippen LogP contribution in [-0.4, -0.2) is 12.5 Å². The van der Waals surface area contributed by atoms with E-state index in [1.54, 1.807) is 6.92 Å². The Bertz CT molecular complexity index is 591. The first-order chi connectivity index (χ1) is 9.74. The summed E-state index contributed by atoms with van der Waals surface area (Å²) in [6.45, 7) is 1.81. The molecule has 0 heterocycles. The van der Waals surface area contributed by atoms with Gasteiger partial charge >= 0.3 is 6.18 Å². The lowest BCUT2D eigenvalue weighted by molar-refractivity contribution is -0.137. The quantitative estimate of drug-likeness (QED) is 0.862. The van der Waals surface area contributed by atoms with Gasteiger partial charge in [-0.2, -0.15) is 18.4 Å². The lowest BCUT2D eigenvalue weighted by Crippen LogP contribution is -2.25. The normalized spacial score (nSPS) is 13.0. The molecule has 0 aliphatic heterocycles. The van der Waals surface area contributed by atoms with Crippen LogP contribution in [0.4, 0.5) is 13.2 Å². The first-order valence-electron chi connectivity index (χ1n) is 5.96. The minimum atomic E-state index is -4.55. The van der Waals surface area contributed by atoms with E-state index in [1.165, 1.54) is 12.1 Å². The number of hydrogen-bond acceptors (Lipinski definition) is 2. The maximum atomic E-state index is 12.7. The highest BCUT2D eigenvalue weighted by Gasteiger charge is 2.33. The molecule has 0 saturated carbocycles. The molecule has 0 aliphatic carbocycles. The molecule has 0 spiro atoms. The molecule has 1 aromatic rings. The third-order valence-electron chi connectivity index (χ3n) is 2.53. The van der Waals surface area contributed by atoms with Gasteiger partial charge in [0.15, 0.2) is 0 Å². The van der Waals surface area contributed by atoms with Gasteiger partial charge in [-0.1, -0.05) is 17.7 Å². The van der Waals surface area contributed by atoms with Gasteiger partial charge < -0.3 is 5.32 Å². The van der Waals surface area contributed by atoms with Crippen molar-refractivity contribution < 1.29 is 18.0 Å². The molecule has 3 nitrogen and oxygen atoms in total. The number of carbonyl (C=O) groups excluding carboxylic acids is 1. The molecule has 0 aliphatic rings. The van der Waals surface area contributed by atoms with E-state index in [-0.39, 0.29) is 18.0 Å². The van der Waals surface area contributed by atoms with Gasteiger partial charge in [-0.25, -0.2) is 0 Å². The van der Waals surface area contributed by atoms with Gasteiger partial charge in [0.05, 0.1) is 22.6 Å². The fourth-order valence-electron chi connectivity index (χ4n) is 1.39. The molecule has 1 rings (SSSR count). The lowest BCUT2D eigenvalue weighted by Gasteiger charge is -2.09. The fraction of sp³-hybridized carbons (Fsp3) is 0.286. The molecule has 0 bridgehead atoms. The minimum Gasteiger partial charge on any atom is -0.351 e.